The molecule has 0 saturated carbocycles. The largest absolute Gasteiger partial charge is 0.465 e. The van der Waals surface area contributed by atoms with Crippen molar-refractivity contribution >= 4 is 10.1 Å². The maximum Gasteiger partial charge on any atom is 0.465 e. The quantitative estimate of drug-likeness (QED) is 0.269. The molecule has 0 fully saturated rings. The number of allylic oxidation sites excluding steroid dienone is 1. The molecule has 1 unspecified atom stereocenters. The van der Waals surface area contributed by atoms with Gasteiger partial charge in [-0.3, -0.25) is 4.55 Å². The smallest absolute Gasteiger partial charge is 0.447 e. The van der Waals surface area contributed by atoms with Crippen molar-refractivity contribution in [3.8, 4) is 5.75 Å². The second kappa shape index (κ2) is 8.38. The maximum absolute atomic E-state index is 14.7. The van der Waals surface area contributed by atoms with Gasteiger partial charge in [0.25, 0.3) is 10.1 Å². The van der Waals surface area contributed by atoms with Gasteiger partial charge in [0, 0.05) is 0 Å². The van der Waals surface area contributed by atoms with Crippen LogP contribution >= 0.6 is 0 Å². The molecule has 0 aliphatic carbocycles. The summed E-state index contributed by atoms with van der Waals surface area (Å²) in [5.74, 6) is -16.7. The maximum atomic E-state index is 14.7. The van der Waals surface area contributed by atoms with E-state index in [-0.39, 0.29) is 24.3 Å². The van der Waals surface area contributed by atoms with Crippen LogP contribution in [0, 0.1) is 0 Å². The number of benzene rings is 1. The Balaban J connectivity index is 4.12. The number of ether oxygens (including phenoxy) is 1. The number of rotatable bonds is 5. The molecule has 0 spiro atoms. The Morgan fingerprint density at radius 1 is 0.647 bits per heavy atom. The lowest BCUT2D eigenvalue weighted by molar-refractivity contribution is -0.311. The minimum atomic E-state index is -7.73. The van der Waals surface area contributed by atoms with Crippen LogP contribution in [0.4, 0.5) is 65.9 Å². The summed E-state index contributed by atoms with van der Waals surface area (Å²) in [6, 6.07) is -0.306. The summed E-state index contributed by atoms with van der Waals surface area (Å²) in [6.45, 7) is 0. The molecule has 0 saturated heterocycles. The Morgan fingerprint density at radius 3 is 1.29 bits per heavy atom. The third-order valence-corrected chi connectivity index (χ3v) is 4.42. The summed E-state index contributed by atoms with van der Waals surface area (Å²) in [5, 5.41) is 0. The second-order valence-corrected chi connectivity index (χ2v) is 7.38. The van der Waals surface area contributed by atoms with Crippen molar-refractivity contribution in [3.63, 3.8) is 0 Å². The third kappa shape index (κ3) is 5.81. The van der Waals surface area contributed by atoms with Crippen LogP contribution in [0.3, 0.4) is 0 Å². The van der Waals surface area contributed by atoms with Gasteiger partial charge < -0.3 is 4.74 Å². The van der Waals surface area contributed by atoms with Crippen LogP contribution in [-0.4, -0.2) is 49.5 Å². The van der Waals surface area contributed by atoms with Crippen molar-refractivity contribution in [2.45, 2.75) is 41.4 Å². The third-order valence-electron chi connectivity index (χ3n) is 3.55. The molecule has 0 aliphatic rings. The highest BCUT2D eigenvalue weighted by Gasteiger charge is 2.76. The SMILES string of the molecule is O=S(=O)(O)c1ccc(OC(F)(/C(=C(\C(F)(F)F)C(F)(F)C(F)(F)F)C(F)(F)F)C(F)(F)F)cc1. The summed E-state index contributed by atoms with van der Waals surface area (Å²) >= 11 is 0. The Kier molecular flexibility index (Phi) is 7.31. The van der Waals surface area contributed by atoms with Gasteiger partial charge in [-0.05, 0) is 24.3 Å². The minimum Gasteiger partial charge on any atom is -0.447 e. The molecule has 1 aromatic rings. The average molecular weight is 554 g/mol. The Labute approximate surface area is 177 Å². The summed E-state index contributed by atoms with van der Waals surface area (Å²) in [6.07, 6.45) is -30.0. The van der Waals surface area contributed by atoms with E-state index in [1.54, 1.807) is 0 Å². The fourth-order valence-corrected chi connectivity index (χ4v) is 2.68. The van der Waals surface area contributed by atoms with Gasteiger partial charge in [-0.25, -0.2) is 0 Å². The van der Waals surface area contributed by atoms with Crippen molar-refractivity contribution < 1.29 is 83.6 Å². The summed E-state index contributed by atoms with van der Waals surface area (Å²) in [5.41, 5.74) is -10.4. The van der Waals surface area contributed by atoms with E-state index in [0.29, 0.717) is 0 Å². The van der Waals surface area contributed by atoms with Gasteiger partial charge in [0.15, 0.2) is 0 Å². The van der Waals surface area contributed by atoms with E-state index >= 15 is 0 Å². The monoisotopic (exact) mass is 554 g/mol. The molecule has 1 N–H and O–H groups in total. The first-order chi connectivity index (χ1) is 14.7. The number of alkyl halides is 15. The molecule has 196 valence electrons. The van der Waals surface area contributed by atoms with E-state index in [9.17, 15) is 74.3 Å². The van der Waals surface area contributed by atoms with Crippen LogP contribution in [0.5, 0.6) is 5.75 Å². The zero-order valence-corrected chi connectivity index (χ0v) is 15.9. The van der Waals surface area contributed by atoms with Crippen molar-refractivity contribution in [2.75, 3.05) is 0 Å². The van der Waals surface area contributed by atoms with Crippen LogP contribution < -0.4 is 4.74 Å². The first-order valence-corrected chi connectivity index (χ1v) is 8.97. The summed E-state index contributed by atoms with van der Waals surface area (Å²) in [4.78, 5) is -1.22. The highest BCUT2D eigenvalue weighted by molar-refractivity contribution is 7.85. The van der Waals surface area contributed by atoms with Crippen LogP contribution in [0.2, 0.25) is 0 Å². The van der Waals surface area contributed by atoms with Crippen molar-refractivity contribution in [2.24, 2.45) is 0 Å². The van der Waals surface area contributed by atoms with Gasteiger partial charge in [0.2, 0.25) is 0 Å². The van der Waals surface area contributed by atoms with Gasteiger partial charge in [-0.2, -0.15) is 74.3 Å². The zero-order valence-electron chi connectivity index (χ0n) is 15.1. The normalized spacial score (nSPS) is 17.2. The summed E-state index contributed by atoms with van der Waals surface area (Å²) in [7, 11) is -5.13. The predicted molar refractivity (Wildman–Crippen MR) is 76.9 cm³/mol. The molecule has 0 aromatic heterocycles. The summed E-state index contributed by atoms with van der Waals surface area (Å²) < 4.78 is 230. The van der Waals surface area contributed by atoms with Gasteiger partial charge in [-0.15, -0.1) is 0 Å². The molecule has 0 bridgehead atoms. The first-order valence-electron chi connectivity index (χ1n) is 7.53. The second-order valence-electron chi connectivity index (χ2n) is 5.96. The lowest BCUT2D eigenvalue weighted by Crippen LogP contribution is -2.56. The zero-order chi connectivity index (χ0) is 27.3. The van der Waals surface area contributed by atoms with Crippen LogP contribution in [0.1, 0.15) is 0 Å². The van der Waals surface area contributed by atoms with Gasteiger partial charge in [0.05, 0.1) is 4.90 Å². The molecule has 0 amide bonds. The molecule has 20 heteroatoms. The standard InChI is InChI=1S/C14H5F15O4S/c15-9(16,13(24,25)26)7(11(18,19)20)8(12(21,22)23)10(17,14(27,28)29)33-5-1-3-6(4-2-5)34(30,31)32/h1-4H,(H,30,31,32)/b8-7+. The Hall–Kier alpha value is -2.38. The molecule has 34 heavy (non-hydrogen) atoms. The topological polar surface area (TPSA) is 63.6 Å². The van der Waals surface area contributed by atoms with Gasteiger partial charge >= 0.3 is 36.5 Å². The molecule has 1 aromatic carbocycles. The Morgan fingerprint density at radius 2 is 1.03 bits per heavy atom. The predicted octanol–water partition coefficient (Wildman–Crippen LogP) is 6.16. The number of hydrogen-bond acceptors (Lipinski definition) is 3. The van der Waals surface area contributed by atoms with Gasteiger partial charge in [-0.1, -0.05) is 0 Å². The fourth-order valence-electron chi connectivity index (χ4n) is 2.20. The van der Waals surface area contributed by atoms with E-state index in [2.05, 4.69) is 4.74 Å². The highest BCUT2D eigenvalue weighted by atomic mass is 32.2. The molecule has 0 aliphatic heterocycles. The van der Waals surface area contributed by atoms with Crippen molar-refractivity contribution in [3.05, 3.63) is 35.4 Å². The average Bonchev–Trinajstić information content (AvgIpc) is 2.54. The number of halogens is 15. The van der Waals surface area contributed by atoms with Crippen molar-refractivity contribution in [1.82, 2.24) is 0 Å². The minimum absolute atomic E-state index is 0.0213. The lowest BCUT2D eigenvalue weighted by Gasteiger charge is -2.35. The van der Waals surface area contributed by atoms with Gasteiger partial charge in [0.1, 0.15) is 16.9 Å². The molecule has 0 radical (unpaired) electrons. The fraction of sp³-hybridized carbons (Fsp3) is 0.429. The molecular weight excluding hydrogens is 549 g/mol. The highest BCUT2D eigenvalue weighted by Crippen LogP contribution is 2.56. The molecular formula is C14H5F15O4S. The Bertz CT molecular complexity index is 1030. The lowest BCUT2D eigenvalue weighted by atomic mass is 9.93. The van der Waals surface area contributed by atoms with Crippen LogP contribution in [0.25, 0.3) is 0 Å². The van der Waals surface area contributed by atoms with Crippen LogP contribution in [0.15, 0.2) is 40.3 Å². The van der Waals surface area contributed by atoms with E-state index in [1.165, 1.54) is 0 Å². The van der Waals surface area contributed by atoms with E-state index in [1.807, 2.05) is 0 Å². The van der Waals surface area contributed by atoms with Crippen molar-refractivity contribution in [1.29, 1.82) is 0 Å². The van der Waals surface area contributed by atoms with Crippen LogP contribution in [-0.2, 0) is 10.1 Å². The van der Waals surface area contributed by atoms with E-state index < -0.39 is 68.4 Å². The van der Waals surface area contributed by atoms with E-state index in [0.717, 1.165) is 0 Å². The van der Waals surface area contributed by atoms with E-state index in [4.69, 9.17) is 4.55 Å². The number of hydrogen-bond donors (Lipinski definition) is 1. The molecule has 1 rings (SSSR count). The molecule has 0 heterocycles. The molecule has 4 nitrogen and oxygen atoms in total. The first kappa shape index (κ1) is 29.7. The molecule has 1 atom stereocenters.